The first-order valence-corrected chi connectivity index (χ1v) is 4.84. The van der Waals surface area contributed by atoms with Crippen molar-refractivity contribution in [3.8, 4) is 12.3 Å². The molecule has 1 atom stereocenters. The molecule has 0 radical (unpaired) electrons. The largest absolute Gasteiger partial charge is 0.378 e. The number of rotatable bonds is 4. The van der Waals surface area contributed by atoms with Crippen molar-refractivity contribution in [3.63, 3.8) is 0 Å². The topological polar surface area (TPSA) is 50.4 Å². The van der Waals surface area contributed by atoms with Gasteiger partial charge in [-0.3, -0.25) is 4.79 Å². The Bertz CT molecular complexity index is 217. The number of carbonyl (C=O) groups is 1. The van der Waals surface area contributed by atoms with E-state index in [1.54, 1.807) is 0 Å². The molecule has 1 aliphatic heterocycles. The van der Waals surface area contributed by atoms with Gasteiger partial charge in [0.1, 0.15) is 0 Å². The van der Waals surface area contributed by atoms with E-state index in [4.69, 9.17) is 11.2 Å². The summed E-state index contributed by atoms with van der Waals surface area (Å²) in [7, 11) is 0. The van der Waals surface area contributed by atoms with Gasteiger partial charge < -0.3 is 15.4 Å². The van der Waals surface area contributed by atoms with Crippen LogP contribution in [0.1, 0.15) is 12.8 Å². The van der Waals surface area contributed by atoms with Crippen LogP contribution in [0.15, 0.2) is 0 Å². The van der Waals surface area contributed by atoms with Gasteiger partial charge in [0.25, 0.3) is 0 Å². The number of terminal acetylenes is 1. The molecule has 0 saturated carbocycles. The molecule has 0 aromatic heterocycles. The zero-order chi connectivity index (χ0) is 10.2. The van der Waals surface area contributed by atoms with Crippen molar-refractivity contribution in [2.24, 2.45) is 0 Å². The first-order chi connectivity index (χ1) is 6.83. The van der Waals surface area contributed by atoms with E-state index in [1.165, 1.54) is 0 Å². The number of morpholine rings is 1. The molecule has 0 spiro atoms. The molecule has 4 nitrogen and oxygen atoms in total. The fourth-order valence-corrected chi connectivity index (χ4v) is 1.32. The zero-order valence-corrected chi connectivity index (χ0v) is 8.21. The van der Waals surface area contributed by atoms with Crippen molar-refractivity contribution >= 4 is 5.91 Å². The average Bonchev–Trinajstić information content (AvgIpc) is 2.20. The molecule has 0 aromatic carbocycles. The van der Waals surface area contributed by atoms with Crippen LogP contribution in [-0.4, -0.2) is 38.3 Å². The molecule has 1 amide bonds. The maximum atomic E-state index is 11.3. The highest BCUT2D eigenvalue weighted by molar-refractivity contribution is 5.76. The van der Waals surface area contributed by atoms with Gasteiger partial charge >= 0.3 is 0 Å². The van der Waals surface area contributed by atoms with E-state index in [1.807, 2.05) is 0 Å². The van der Waals surface area contributed by atoms with Crippen molar-refractivity contribution in [2.45, 2.75) is 18.9 Å². The number of ether oxygens (including phenoxy) is 1. The fourth-order valence-electron chi connectivity index (χ4n) is 1.32. The predicted octanol–water partition coefficient (Wildman–Crippen LogP) is -0.496. The molecular weight excluding hydrogens is 180 g/mol. The summed E-state index contributed by atoms with van der Waals surface area (Å²) in [4.78, 5) is 11.3. The van der Waals surface area contributed by atoms with Crippen LogP contribution in [-0.2, 0) is 9.53 Å². The van der Waals surface area contributed by atoms with Crippen LogP contribution >= 0.6 is 0 Å². The Morgan fingerprint density at radius 2 is 2.57 bits per heavy atom. The molecule has 1 aliphatic rings. The SMILES string of the molecule is C#CCCNC(=O)CC1COCCN1. The highest BCUT2D eigenvalue weighted by Gasteiger charge is 2.15. The highest BCUT2D eigenvalue weighted by Crippen LogP contribution is 1.97. The highest BCUT2D eigenvalue weighted by atomic mass is 16.5. The monoisotopic (exact) mass is 196 g/mol. The van der Waals surface area contributed by atoms with Gasteiger partial charge in [-0.2, -0.15) is 0 Å². The summed E-state index contributed by atoms with van der Waals surface area (Å²) < 4.78 is 5.23. The lowest BCUT2D eigenvalue weighted by molar-refractivity contribution is -0.122. The van der Waals surface area contributed by atoms with E-state index >= 15 is 0 Å². The summed E-state index contributed by atoms with van der Waals surface area (Å²) in [5.41, 5.74) is 0. The van der Waals surface area contributed by atoms with Gasteiger partial charge in [-0.25, -0.2) is 0 Å². The number of carbonyl (C=O) groups excluding carboxylic acids is 1. The van der Waals surface area contributed by atoms with Gasteiger partial charge in [-0.15, -0.1) is 12.3 Å². The predicted molar refractivity (Wildman–Crippen MR) is 53.7 cm³/mol. The molecule has 2 N–H and O–H groups in total. The van der Waals surface area contributed by atoms with Gasteiger partial charge in [0, 0.05) is 32.0 Å². The van der Waals surface area contributed by atoms with E-state index in [0.29, 0.717) is 26.0 Å². The van der Waals surface area contributed by atoms with Gasteiger partial charge in [0.2, 0.25) is 5.91 Å². The van der Waals surface area contributed by atoms with Crippen molar-refractivity contribution in [1.82, 2.24) is 10.6 Å². The van der Waals surface area contributed by atoms with E-state index in [2.05, 4.69) is 16.6 Å². The van der Waals surface area contributed by atoms with E-state index in [0.717, 1.165) is 13.2 Å². The summed E-state index contributed by atoms with van der Waals surface area (Å²) >= 11 is 0. The van der Waals surface area contributed by atoms with Crippen LogP contribution < -0.4 is 10.6 Å². The van der Waals surface area contributed by atoms with Gasteiger partial charge in [-0.1, -0.05) is 0 Å². The molecular formula is C10H16N2O2. The van der Waals surface area contributed by atoms with Crippen LogP contribution in [0.2, 0.25) is 0 Å². The summed E-state index contributed by atoms with van der Waals surface area (Å²) in [5, 5.41) is 5.97. The quantitative estimate of drug-likeness (QED) is 0.471. The maximum absolute atomic E-state index is 11.3. The molecule has 1 rings (SSSR count). The third-order valence-corrected chi connectivity index (χ3v) is 2.02. The lowest BCUT2D eigenvalue weighted by Gasteiger charge is -2.23. The number of hydrogen-bond acceptors (Lipinski definition) is 3. The van der Waals surface area contributed by atoms with Crippen LogP contribution in [0, 0.1) is 12.3 Å². The number of amides is 1. The van der Waals surface area contributed by atoms with Gasteiger partial charge in [0.05, 0.1) is 13.2 Å². The Labute approximate surface area is 84.4 Å². The first-order valence-electron chi connectivity index (χ1n) is 4.84. The average molecular weight is 196 g/mol. The smallest absolute Gasteiger partial charge is 0.221 e. The van der Waals surface area contributed by atoms with Gasteiger partial charge in [-0.05, 0) is 0 Å². The summed E-state index contributed by atoms with van der Waals surface area (Å²) in [6, 6.07) is 0.148. The van der Waals surface area contributed by atoms with Crippen molar-refractivity contribution in [3.05, 3.63) is 0 Å². The second kappa shape index (κ2) is 6.41. The number of nitrogens with one attached hydrogen (secondary N) is 2. The molecule has 78 valence electrons. The first kappa shape index (κ1) is 11.0. The standard InChI is InChI=1S/C10H16N2O2/c1-2-3-4-12-10(13)7-9-8-14-6-5-11-9/h1,9,11H,3-8H2,(H,12,13). The summed E-state index contributed by atoms with van der Waals surface area (Å²) in [6.07, 6.45) is 6.11. The minimum Gasteiger partial charge on any atom is -0.378 e. The molecule has 1 fully saturated rings. The van der Waals surface area contributed by atoms with Crippen molar-refractivity contribution < 1.29 is 9.53 Å². The Morgan fingerprint density at radius 3 is 3.21 bits per heavy atom. The minimum absolute atomic E-state index is 0.0308. The summed E-state index contributed by atoms with van der Waals surface area (Å²) in [6.45, 7) is 2.73. The lowest BCUT2D eigenvalue weighted by atomic mass is 10.2. The third-order valence-electron chi connectivity index (χ3n) is 2.02. The Balaban J connectivity index is 2.10. The Kier molecular flexibility index (Phi) is 5.05. The van der Waals surface area contributed by atoms with Crippen LogP contribution in [0.5, 0.6) is 0 Å². The zero-order valence-electron chi connectivity index (χ0n) is 8.21. The van der Waals surface area contributed by atoms with E-state index in [-0.39, 0.29) is 11.9 Å². The van der Waals surface area contributed by atoms with Crippen LogP contribution in [0.4, 0.5) is 0 Å². The van der Waals surface area contributed by atoms with Crippen molar-refractivity contribution in [2.75, 3.05) is 26.3 Å². The Hall–Kier alpha value is -1.05. The molecule has 0 aromatic rings. The molecule has 4 heteroatoms. The van der Waals surface area contributed by atoms with Gasteiger partial charge in [0.15, 0.2) is 0 Å². The molecule has 14 heavy (non-hydrogen) atoms. The fraction of sp³-hybridized carbons (Fsp3) is 0.700. The Morgan fingerprint density at radius 1 is 1.71 bits per heavy atom. The second-order valence-electron chi connectivity index (χ2n) is 3.23. The normalized spacial score (nSPS) is 21.2. The maximum Gasteiger partial charge on any atom is 0.221 e. The van der Waals surface area contributed by atoms with E-state index < -0.39 is 0 Å². The molecule has 1 saturated heterocycles. The minimum atomic E-state index is 0.0308. The summed E-state index contributed by atoms with van der Waals surface area (Å²) in [5.74, 6) is 2.50. The molecule has 0 aliphatic carbocycles. The molecule has 0 bridgehead atoms. The third kappa shape index (κ3) is 4.26. The van der Waals surface area contributed by atoms with Crippen molar-refractivity contribution in [1.29, 1.82) is 0 Å². The molecule has 1 unspecified atom stereocenters. The number of hydrogen-bond donors (Lipinski definition) is 2. The van der Waals surface area contributed by atoms with Crippen LogP contribution in [0.3, 0.4) is 0 Å². The second-order valence-corrected chi connectivity index (χ2v) is 3.23. The van der Waals surface area contributed by atoms with E-state index in [9.17, 15) is 4.79 Å². The van der Waals surface area contributed by atoms with Crippen LogP contribution in [0.25, 0.3) is 0 Å². The molecule has 1 heterocycles. The lowest BCUT2D eigenvalue weighted by Crippen LogP contribution is -2.44.